The van der Waals surface area contributed by atoms with Gasteiger partial charge in [0.15, 0.2) is 0 Å². The zero-order chi connectivity index (χ0) is 14.4. The lowest BCUT2D eigenvalue weighted by Gasteiger charge is -2.20. The topological polar surface area (TPSA) is 34.1 Å². The van der Waals surface area contributed by atoms with E-state index in [0.29, 0.717) is 11.9 Å². The summed E-state index contributed by atoms with van der Waals surface area (Å²) in [6.07, 6.45) is 2.82. The van der Waals surface area contributed by atoms with E-state index in [0.717, 1.165) is 13.0 Å². The minimum Gasteiger partial charge on any atom is -0.481 e. The maximum atomic E-state index is 5.10. The normalized spacial score (nSPS) is 12.2. The van der Waals surface area contributed by atoms with Crippen LogP contribution in [0, 0.1) is 6.92 Å². The van der Waals surface area contributed by atoms with Gasteiger partial charge in [-0.1, -0.05) is 37.3 Å². The summed E-state index contributed by atoms with van der Waals surface area (Å²) in [6.45, 7) is 5.24. The molecule has 1 N–H and O–H groups in total. The molecule has 0 aliphatic carbocycles. The van der Waals surface area contributed by atoms with Crippen LogP contribution in [-0.2, 0) is 6.42 Å². The molecule has 3 heteroatoms. The standard InChI is InChI=1S/C17H22N2O/c1-4-18-16(15-8-6-5-7-13(15)2)11-14-9-10-17(20-3)19-12-14/h5-10,12,16,18H,4,11H2,1-3H3. The van der Waals surface area contributed by atoms with Crippen molar-refractivity contribution in [3.05, 3.63) is 59.3 Å². The molecule has 1 aromatic heterocycles. The van der Waals surface area contributed by atoms with Crippen LogP contribution in [0.5, 0.6) is 5.88 Å². The maximum absolute atomic E-state index is 5.10. The Morgan fingerprint density at radius 3 is 2.60 bits per heavy atom. The van der Waals surface area contributed by atoms with Crippen LogP contribution < -0.4 is 10.1 Å². The number of rotatable bonds is 6. The second kappa shape index (κ2) is 7.06. The Bertz CT molecular complexity index is 537. The first-order chi connectivity index (χ1) is 9.74. The van der Waals surface area contributed by atoms with Crippen LogP contribution in [0.15, 0.2) is 42.6 Å². The van der Waals surface area contributed by atoms with E-state index in [9.17, 15) is 0 Å². The minimum absolute atomic E-state index is 0.316. The molecule has 1 atom stereocenters. The summed E-state index contributed by atoms with van der Waals surface area (Å²) in [4.78, 5) is 4.28. The second-order valence-corrected chi connectivity index (χ2v) is 4.88. The first kappa shape index (κ1) is 14.5. The van der Waals surface area contributed by atoms with Crippen LogP contribution in [0.4, 0.5) is 0 Å². The molecule has 0 saturated carbocycles. The first-order valence-corrected chi connectivity index (χ1v) is 7.02. The number of ether oxygens (including phenoxy) is 1. The summed E-state index contributed by atoms with van der Waals surface area (Å²) in [5, 5.41) is 3.56. The summed E-state index contributed by atoms with van der Waals surface area (Å²) in [5.41, 5.74) is 3.88. The van der Waals surface area contributed by atoms with E-state index in [4.69, 9.17) is 4.74 Å². The molecule has 2 aromatic rings. The molecule has 2 rings (SSSR count). The lowest BCUT2D eigenvalue weighted by atomic mass is 9.96. The largest absolute Gasteiger partial charge is 0.481 e. The van der Waals surface area contributed by atoms with Crippen molar-refractivity contribution in [3.63, 3.8) is 0 Å². The van der Waals surface area contributed by atoms with Crippen LogP contribution >= 0.6 is 0 Å². The molecule has 0 saturated heterocycles. The summed E-state index contributed by atoms with van der Waals surface area (Å²) >= 11 is 0. The van der Waals surface area contributed by atoms with Gasteiger partial charge in [0.2, 0.25) is 5.88 Å². The molecule has 0 aliphatic rings. The first-order valence-electron chi connectivity index (χ1n) is 7.02. The van der Waals surface area contributed by atoms with Gasteiger partial charge in [0.05, 0.1) is 7.11 Å². The van der Waals surface area contributed by atoms with Gasteiger partial charge < -0.3 is 10.1 Å². The van der Waals surface area contributed by atoms with Gasteiger partial charge in [0.25, 0.3) is 0 Å². The molecule has 3 nitrogen and oxygen atoms in total. The maximum Gasteiger partial charge on any atom is 0.212 e. The van der Waals surface area contributed by atoms with E-state index < -0.39 is 0 Å². The Balaban J connectivity index is 2.18. The number of hydrogen-bond acceptors (Lipinski definition) is 3. The van der Waals surface area contributed by atoms with Crippen molar-refractivity contribution in [2.24, 2.45) is 0 Å². The number of pyridine rings is 1. The lowest BCUT2D eigenvalue weighted by molar-refractivity contribution is 0.397. The quantitative estimate of drug-likeness (QED) is 0.874. The van der Waals surface area contributed by atoms with Crippen molar-refractivity contribution in [3.8, 4) is 5.88 Å². The third-order valence-corrected chi connectivity index (χ3v) is 3.46. The number of likely N-dealkylation sites (N-methyl/N-ethyl adjacent to an activating group) is 1. The monoisotopic (exact) mass is 270 g/mol. The third-order valence-electron chi connectivity index (χ3n) is 3.46. The third kappa shape index (κ3) is 3.58. The second-order valence-electron chi connectivity index (χ2n) is 4.88. The van der Waals surface area contributed by atoms with E-state index in [1.54, 1.807) is 7.11 Å². The Kier molecular flexibility index (Phi) is 5.13. The van der Waals surface area contributed by atoms with E-state index >= 15 is 0 Å². The average Bonchev–Trinajstić information content (AvgIpc) is 2.48. The Morgan fingerprint density at radius 2 is 2.00 bits per heavy atom. The van der Waals surface area contributed by atoms with Gasteiger partial charge in [-0.2, -0.15) is 0 Å². The highest BCUT2D eigenvalue weighted by Crippen LogP contribution is 2.22. The summed E-state index contributed by atoms with van der Waals surface area (Å²) in [5.74, 6) is 0.657. The van der Waals surface area contributed by atoms with Gasteiger partial charge in [-0.15, -0.1) is 0 Å². The number of aryl methyl sites for hydroxylation is 1. The SMILES string of the molecule is CCNC(Cc1ccc(OC)nc1)c1ccccc1C. The van der Waals surface area contributed by atoms with Crippen LogP contribution in [0.25, 0.3) is 0 Å². The van der Waals surface area contributed by atoms with Crippen LogP contribution in [0.3, 0.4) is 0 Å². The molecule has 0 spiro atoms. The molecule has 0 radical (unpaired) electrons. The Morgan fingerprint density at radius 1 is 1.20 bits per heavy atom. The van der Waals surface area contributed by atoms with Gasteiger partial charge in [-0.25, -0.2) is 4.98 Å². The molecular weight excluding hydrogens is 248 g/mol. The van der Waals surface area contributed by atoms with Gasteiger partial charge in [0, 0.05) is 18.3 Å². The van der Waals surface area contributed by atoms with E-state index in [2.05, 4.69) is 54.5 Å². The van der Waals surface area contributed by atoms with Gasteiger partial charge in [0.1, 0.15) is 0 Å². The fourth-order valence-electron chi connectivity index (χ4n) is 2.40. The number of aromatic nitrogens is 1. The zero-order valence-corrected chi connectivity index (χ0v) is 12.4. The summed E-state index contributed by atoms with van der Waals surface area (Å²) in [7, 11) is 1.64. The van der Waals surface area contributed by atoms with E-state index in [-0.39, 0.29) is 0 Å². The number of hydrogen-bond donors (Lipinski definition) is 1. The van der Waals surface area contributed by atoms with Crippen molar-refractivity contribution in [2.75, 3.05) is 13.7 Å². The summed E-state index contributed by atoms with van der Waals surface area (Å²) < 4.78 is 5.10. The van der Waals surface area contributed by atoms with Crippen molar-refractivity contribution in [1.82, 2.24) is 10.3 Å². The number of methoxy groups -OCH3 is 1. The molecule has 1 aromatic carbocycles. The predicted octanol–water partition coefficient (Wildman–Crippen LogP) is 3.29. The molecule has 0 fully saturated rings. The van der Waals surface area contributed by atoms with Crippen LogP contribution in [0.1, 0.15) is 29.7 Å². The number of nitrogens with zero attached hydrogens (tertiary/aromatic N) is 1. The predicted molar refractivity (Wildman–Crippen MR) is 82.1 cm³/mol. The molecule has 106 valence electrons. The van der Waals surface area contributed by atoms with Crippen molar-refractivity contribution < 1.29 is 4.74 Å². The molecule has 1 unspecified atom stereocenters. The number of benzene rings is 1. The molecule has 1 heterocycles. The Labute approximate surface area is 121 Å². The van der Waals surface area contributed by atoms with Crippen molar-refractivity contribution in [1.29, 1.82) is 0 Å². The smallest absolute Gasteiger partial charge is 0.212 e. The fourth-order valence-corrected chi connectivity index (χ4v) is 2.40. The Hall–Kier alpha value is -1.87. The summed E-state index contributed by atoms with van der Waals surface area (Å²) in [6, 6.07) is 12.8. The van der Waals surface area contributed by atoms with Gasteiger partial charge in [-0.3, -0.25) is 0 Å². The van der Waals surface area contributed by atoms with Crippen LogP contribution in [0.2, 0.25) is 0 Å². The fraction of sp³-hybridized carbons (Fsp3) is 0.353. The van der Waals surface area contributed by atoms with E-state index in [1.807, 2.05) is 12.3 Å². The highest BCUT2D eigenvalue weighted by Gasteiger charge is 2.13. The average molecular weight is 270 g/mol. The molecule has 0 amide bonds. The van der Waals surface area contributed by atoms with Gasteiger partial charge >= 0.3 is 0 Å². The lowest BCUT2D eigenvalue weighted by Crippen LogP contribution is -2.23. The number of nitrogens with one attached hydrogen (secondary N) is 1. The minimum atomic E-state index is 0.316. The van der Waals surface area contributed by atoms with Crippen LogP contribution in [-0.4, -0.2) is 18.6 Å². The van der Waals surface area contributed by atoms with Crippen molar-refractivity contribution >= 4 is 0 Å². The molecule has 20 heavy (non-hydrogen) atoms. The molecule has 0 aliphatic heterocycles. The molecule has 0 bridgehead atoms. The van der Waals surface area contributed by atoms with E-state index in [1.165, 1.54) is 16.7 Å². The highest BCUT2D eigenvalue weighted by molar-refractivity contribution is 5.30. The van der Waals surface area contributed by atoms with Gasteiger partial charge in [-0.05, 0) is 36.6 Å². The molecular formula is C17H22N2O. The highest BCUT2D eigenvalue weighted by atomic mass is 16.5. The van der Waals surface area contributed by atoms with Crippen molar-refractivity contribution in [2.45, 2.75) is 26.3 Å². The zero-order valence-electron chi connectivity index (χ0n) is 12.4.